The Morgan fingerprint density at radius 3 is 2.91 bits per heavy atom. The number of benzene rings is 1. The quantitative estimate of drug-likeness (QED) is 0.405. The van der Waals surface area contributed by atoms with Crippen molar-refractivity contribution in [2.75, 3.05) is 12.4 Å². The lowest BCUT2D eigenvalue weighted by atomic mass is 9.54. The highest BCUT2D eigenvalue weighted by Gasteiger charge is 2.57. The van der Waals surface area contributed by atoms with Crippen LogP contribution in [0, 0.1) is 30.1 Å². The molecule has 35 heavy (non-hydrogen) atoms. The van der Waals surface area contributed by atoms with Crippen LogP contribution in [-0.2, 0) is 16.1 Å². The van der Waals surface area contributed by atoms with Crippen LogP contribution >= 0.6 is 34.5 Å². The van der Waals surface area contributed by atoms with E-state index in [4.69, 9.17) is 28.0 Å². The number of amides is 1. The maximum absolute atomic E-state index is 12.7. The molecule has 5 atom stereocenters. The van der Waals surface area contributed by atoms with Crippen LogP contribution in [0.2, 0.25) is 10.0 Å². The molecular formula is C26H31Cl2N3O3S. The van der Waals surface area contributed by atoms with Gasteiger partial charge in [0.15, 0.2) is 10.9 Å². The molecule has 5 unspecified atom stereocenters. The molecule has 2 N–H and O–H groups in total. The van der Waals surface area contributed by atoms with Crippen LogP contribution in [0.3, 0.4) is 0 Å². The summed E-state index contributed by atoms with van der Waals surface area (Å²) in [6.07, 6.45) is 7.71. The van der Waals surface area contributed by atoms with E-state index in [-0.39, 0.29) is 17.1 Å². The predicted octanol–water partition coefficient (Wildman–Crippen LogP) is 6.97. The van der Waals surface area contributed by atoms with Crippen LogP contribution < -0.4 is 5.32 Å². The van der Waals surface area contributed by atoms with Gasteiger partial charge in [0, 0.05) is 22.9 Å². The molecule has 0 radical (unpaired) electrons. The number of aryl methyl sites for hydroxylation is 1. The number of carbonyl (C=O) groups is 1. The van der Waals surface area contributed by atoms with E-state index in [1.807, 2.05) is 13.0 Å². The number of phenols is 1. The Labute approximate surface area is 220 Å². The van der Waals surface area contributed by atoms with Gasteiger partial charge in [-0.05, 0) is 86.3 Å². The summed E-state index contributed by atoms with van der Waals surface area (Å²) in [4.78, 5) is 23.3. The third-order valence-electron chi connectivity index (χ3n) is 8.58. The Bertz CT molecular complexity index is 1180. The van der Waals surface area contributed by atoms with Crippen molar-refractivity contribution in [1.29, 1.82) is 0 Å². The molecule has 1 aromatic carbocycles. The van der Waals surface area contributed by atoms with E-state index in [9.17, 15) is 9.90 Å². The van der Waals surface area contributed by atoms with E-state index in [2.05, 4.69) is 22.4 Å². The largest absolute Gasteiger partial charge is 0.505 e. The van der Waals surface area contributed by atoms with Gasteiger partial charge in [-0.25, -0.2) is 4.98 Å². The van der Waals surface area contributed by atoms with Crippen LogP contribution in [0.5, 0.6) is 5.75 Å². The lowest BCUT2D eigenvalue weighted by Gasteiger charge is -2.50. The molecule has 0 saturated heterocycles. The number of aromatic hydroxyl groups is 1. The summed E-state index contributed by atoms with van der Waals surface area (Å²) in [5.74, 6) is 1.51. The monoisotopic (exact) mass is 535 g/mol. The van der Waals surface area contributed by atoms with E-state index in [1.54, 1.807) is 13.3 Å². The molecule has 188 valence electrons. The molecule has 9 heteroatoms. The normalized spacial score (nSPS) is 30.5. The van der Waals surface area contributed by atoms with Gasteiger partial charge in [-0.1, -0.05) is 35.3 Å². The van der Waals surface area contributed by atoms with Crippen LogP contribution in [0.15, 0.2) is 17.4 Å². The minimum Gasteiger partial charge on any atom is -0.505 e. The SMILES string of the molecule is CON=C1CC(CCC(=O)Nc2ncc(C)s2)C2C3CCc4c(cc(Cl)c(O)c4Cl)C3CCC12C. The standard InChI is InChI=1S/C26H31Cl2N3O3S/c1-13-12-29-25(35-13)30-21(32)7-4-14-10-20(31-34-3)26(2)9-8-15-16(22(14)26)5-6-17-18(15)11-19(27)24(33)23(17)28/h11-12,14-16,22,33H,4-10H2,1-3H3,(H,29,30,32). The van der Waals surface area contributed by atoms with Crippen LogP contribution in [-0.4, -0.2) is 28.8 Å². The molecule has 0 spiro atoms. The maximum atomic E-state index is 12.7. The van der Waals surface area contributed by atoms with E-state index >= 15 is 0 Å². The number of hydrogen-bond acceptors (Lipinski definition) is 6. The van der Waals surface area contributed by atoms with Gasteiger partial charge in [-0.15, -0.1) is 11.3 Å². The average Bonchev–Trinajstić information content (AvgIpc) is 3.36. The second-order valence-corrected chi connectivity index (χ2v) is 12.4. The molecular weight excluding hydrogens is 505 g/mol. The van der Waals surface area contributed by atoms with Crippen molar-refractivity contribution in [1.82, 2.24) is 4.98 Å². The Morgan fingerprint density at radius 1 is 1.40 bits per heavy atom. The number of hydrogen-bond donors (Lipinski definition) is 2. The highest BCUT2D eigenvalue weighted by Crippen LogP contribution is 2.63. The molecule has 3 aliphatic carbocycles. The number of nitrogens with one attached hydrogen (secondary N) is 1. The summed E-state index contributed by atoms with van der Waals surface area (Å²) in [6, 6.07) is 1.93. The number of anilines is 1. The number of fused-ring (bicyclic) bond motifs is 5. The summed E-state index contributed by atoms with van der Waals surface area (Å²) >= 11 is 14.4. The van der Waals surface area contributed by atoms with Crippen LogP contribution in [0.25, 0.3) is 0 Å². The molecule has 1 aromatic heterocycles. The first-order valence-corrected chi connectivity index (χ1v) is 13.8. The molecule has 5 rings (SSSR count). The molecule has 3 aliphatic rings. The number of oxime groups is 1. The van der Waals surface area contributed by atoms with Crippen molar-refractivity contribution in [3.05, 3.63) is 38.3 Å². The summed E-state index contributed by atoms with van der Waals surface area (Å²) in [6.45, 7) is 4.31. The molecule has 2 aromatic rings. The van der Waals surface area contributed by atoms with Crippen LogP contribution in [0.1, 0.15) is 67.4 Å². The van der Waals surface area contributed by atoms with Crippen LogP contribution in [0.4, 0.5) is 5.13 Å². The summed E-state index contributed by atoms with van der Waals surface area (Å²) in [7, 11) is 1.61. The van der Waals surface area contributed by atoms with E-state index in [0.717, 1.165) is 54.7 Å². The van der Waals surface area contributed by atoms with Crippen molar-refractivity contribution < 1.29 is 14.7 Å². The first kappa shape index (κ1) is 24.8. The second kappa shape index (κ2) is 9.56. The minimum atomic E-state index is -0.0489. The predicted molar refractivity (Wildman–Crippen MR) is 141 cm³/mol. The molecule has 0 bridgehead atoms. The molecule has 1 amide bonds. The van der Waals surface area contributed by atoms with Gasteiger partial charge in [-0.2, -0.15) is 0 Å². The zero-order valence-electron chi connectivity index (χ0n) is 20.2. The maximum Gasteiger partial charge on any atom is 0.226 e. The lowest BCUT2D eigenvalue weighted by molar-refractivity contribution is -0.116. The Hall–Kier alpha value is -1.83. The van der Waals surface area contributed by atoms with Gasteiger partial charge in [0.2, 0.25) is 5.91 Å². The van der Waals surface area contributed by atoms with Crippen molar-refractivity contribution in [3.63, 3.8) is 0 Å². The third-order valence-corrected chi connectivity index (χ3v) is 10.1. The lowest BCUT2D eigenvalue weighted by Crippen LogP contribution is -2.44. The highest BCUT2D eigenvalue weighted by molar-refractivity contribution is 7.15. The first-order chi connectivity index (χ1) is 16.7. The smallest absolute Gasteiger partial charge is 0.226 e. The Kier molecular flexibility index (Phi) is 6.79. The fourth-order valence-corrected chi connectivity index (χ4v) is 8.39. The zero-order valence-corrected chi connectivity index (χ0v) is 22.6. The number of nitrogens with zero attached hydrogens (tertiary/aromatic N) is 2. The van der Waals surface area contributed by atoms with Gasteiger partial charge in [0.1, 0.15) is 7.11 Å². The van der Waals surface area contributed by atoms with Gasteiger partial charge < -0.3 is 15.3 Å². The highest BCUT2D eigenvalue weighted by atomic mass is 35.5. The molecule has 6 nitrogen and oxygen atoms in total. The number of aromatic nitrogens is 1. The van der Waals surface area contributed by atoms with E-state index in [0.29, 0.717) is 45.3 Å². The van der Waals surface area contributed by atoms with Crippen molar-refractivity contribution in [2.24, 2.45) is 28.3 Å². The van der Waals surface area contributed by atoms with Gasteiger partial charge in [0.25, 0.3) is 0 Å². The number of thiazole rings is 1. The number of phenolic OH excluding ortho intramolecular Hbond substituents is 1. The third kappa shape index (κ3) is 4.34. The Morgan fingerprint density at radius 2 is 2.20 bits per heavy atom. The second-order valence-electron chi connectivity index (χ2n) is 10.4. The molecule has 2 saturated carbocycles. The summed E-state index contributed by atoms with van der Waals surface area (Å²) in [5, 5.41) is 19.1. The van der Waals surface area contributed by atoms with Gasteiger partial charge in [-0.3, -0.25) is 4.79 Å². The first-order valence-electron chi connectivity index (χ1n) is 12.3. The number of carbonyl (C=O) groups excluding carboxylic acids is 1. The number of halogens is 2. The molecule has 2 fully saturated rings. The molecule has 0 aliphatic heterocycles. The average molecular weight is 537 g/mol. The van der Waals surface area contributed by atoms with Crippen molar-refractivity contribution in [2.45, 2.75) is 64.7 Å². The van der Waals surface area contributed by atoms with Gasteiger partial charge >= 0.3 is 0 Å². The zero-order chi connectivity index (χ0) is 24.9. The van der Waals surface area contributed by atoms with Crippen molar-refractivity contribution in [3.8, 4) is 5.75 Å². The number of rotatable bonds is 5. The van der Waals surface area contributed by atoms with E-state index in [1.165, 1.54) is 16.9 Å². The molecule has 1 heterocycles. The summed E-state index contributed by atoms with van der Waals surface area (Å²) in [5.41, 5.74) is 3.30. The fraction of sp³-hybridized carbons (Fsp3) is 0.577. The van der Waals surface area contributed by atoms with Crippen molar-refractivity contribution >= 4 is 51.3 Å². The minimum absolute atomic E-state index is 0.00794. The van der Waals surface area contributed by atoms with E-state index < -0.39 is 0 Å². The Balaban J connectivity index is 1.41. The van der Waals surface area contributed by atoms with Gasteiger partial charge in [0.05, 0.1) is 15.8 Å². The summed E-state index contributed by atoms with van der Waals surface area (Å²) < 4.78 is 0. The fourth-order valence-electron chi connectivity index (χ4n) is 7.15. The topological polar surface area (TPSA) is 83.8 Å².